The number of nitrogens with one attached hydrogen (secondary N) is 1. The van der Waals surface area contributed by atoms with Crippen molar-refractivity contribution in [1.29, 1.82) is 0 Å². The zero-order chi connectivity index (χ0) is 27.8. The largest absolute Gasteiger partial charge is 0.350 e. The van der Waals surface area contributed by atoms with Crippen LogP contribution in [0.1, 0.15) is 42.9 Å². The fraction of sp³-hybridized carbons (Fsp3) is 0.333. The molecule has 3 aromatic carbocycles. The van der Waals surface area contributed by atoms with Gasteiger partial charge in [-0.05, 0) is 67.1 Å². The molecule has 0 spiro atoms. The summed E-state index contributed by atoms with van der Waals surface area (Å²) < 4.78 is 40.5. The van der Waals surface area contributed by atoms with Crippen molar-refractivity contribution in [2.45, 2.75) is 56.6 Å². The minimum Gasteiger partial charge on any atom is -0.350 e. The molecule has 7 nitrogen and oxygen atoms in total. The zero-order valence-corrected chi connectivity index (χ0v) is 22.9. The molecule has 1 saturated heterocycles. The maximum absolute atomic E-state index is 13.4. The number of nitrogens with zero attached hydrogens (tertiary/aromatic N) is 2. The molecule has 1 fully saturated rings. The molecule has 1 aliphatic heterocycles. The summed E-state index contributed by atoms with van der Waals surface area (Å²) in [5.41, 5.74) is 2.49. The Balaban J connectivity index is 1.42. The molecule has 39 heavy (non-hydrogen) atoms. The van der Waals surface area contributed by atoms with Gasteiger partial charge in [0.15, 0.2) is 0 Å². The normalized spacial score (nSPS) is 14.6. The van der Waals surface area contributed by atoms with E-state index in [-0.39, 0.29) is 35.5 Å². The summed E-state index contributed by atoms with van der Waals surface area (Å²) in [4.78, 5) is 28.1. The number of aryl methyl sites for hydroxylation is 1. The number of amides is 2. The summed E-state index contributed by atoms with van der Waals surface area (Å²) in [6, 6.07) is 21.3. The fourth-order valence-corrected chi connectivity index (χ4v) is 6.12. The Hall–Kier alpha value is -3.56. The molecule has 9 heteroatoms. The zero-order valence-electron chi connectivity index (χ0n) is 22.1. The van der Waals surface area contributed by atoms with Gasteiger partial charge in [-0.15, -0.1) is 0 Å². The first-order chi connectivity index (χ1) is 18.7. The van der Waals surface area contributed by atoms with E-state index in [1.807, 2.05) is 30.3 Å². The van der Waals surface area contributed by atoms with Crippen molar-refractivity contribution in [2.75, 3.05) is 13.1 Å². The van der Waals surface area contributed by atoms with Crippen LogP contribution in [0.5, 0.6) is 0 Å². The number of benzene rings is 3. The maximum atomic E-state index is 13.4. The number of hydrogen-bond donors (Lipinski definition) is 1. The Kier molecular flexibility index (Phi) is 9.48. The molecule has 0 aliphatic carbocycles. The van der Waals surface area contributed by atoms with Crippen LogP contribution >= 0.6 is 0 Å². The van der Waals surface area contributed by atoms with Gasteiger partial charge in [0.25, 0.3) is 0 Å². The molecule has 1 atom stereocenters. The molecule has 1 aliphatic rings. The second-order valence-electron chi connectivity index (χ2n) is 9.78. The van der Waals surface area contributed by atoms with Crippen LogP contribution in [0.3, 0.4) is 0 Å². The lowest BCUT2D eigenvalue weighted by Gasteiger charge is -2.29. The molecule has 1 N–H and O–H groups in total. The van der Waals surface area contributed by atoms with Gasteiger partial charge in [0.05, 0.1) is 4.90 Å². The standard InChI is InChI=1S/C30H34FN3O4S/c1-23(30(36)32-21-25-7-3-2-4-8-25)34(22-26-9-14-27(31)15-10-26)29(35)18-13-24-11-16-28(17-12-24)39(37,38)33-19-5-6-20-33/h2-4,7-12,14-17,23H,5-6,13,18-22H2,1H3,(H,32,36)/t23-/m0/s1. The van der Waals surface area contributed by atoms with Gasteiger partial charge in [-0.2, -0.15) is 4.31 Å². The van der Waals surface area contributed by atoms with E-state index in [2.05, 4.69) is 5.32 Å². The van der Waals surface area contributed by atoms with Crippen LogP contribution in [-0.4, -0.2) is 48.6 Å². The third-order valence-electron chi connectivity index (χ3n) is 7.00. The Labute approximate surface area is 229 Å². The van der Waals surface area contributed by atoms with Gasteiger partial charge < -0.3 is 10.2 Å². The average Bonchev–Trinajstić information content (AvgIpc) is 3.51. The summed E-state index contributed by atoms with van der Waals surface area (Å²) in [6.45, 7) is 3.26. The van der Waals surface area contributed by atoms with Crippen molar-refractivity contribution in [1.82, 2.24) is 14.5 Å². The predicted octanol–water partition coefficient (Wildman–Crippen LogP) is 4.28. The molecular weight excluding hydrogens is 517 g/mol. The van der Waals surface area contributed by atoms with Crippen molar-refractivity contribution in [3.8, 4) is 0 Å². The Morgan fingerprint density at radius 1 is 0.897 bits per heavy atom. The number of rotatable bonds is 11. The number of hydrogen-bond acceptors (Lipinski definition) is 4. The van der Waals surface area contributed by atoms with Crippen LogP contribution in [0.15, 0.2) is 83.8 Å². The second-order valence-corrected chi connectivity index (χ2v) is 11.7. The molecule has 3 aromatic rings. The molecular formula is C30H34FN3O4S. The van der Waals surface area contributed by atoms with Crippen molar-refractivity contribution < 1.29 is 22.4 Å². The van der Waals surface area contributed by atoms with Crippen LogP contribution in [0.4, 0.5) is 4.39 Å². The first-order valence-corrected chi connectivity index (χ1v) is 14.6. The molecule has 206 valence electrons. The van der Waals surface area contributed by atoms with Gasteiger partial charge in [0.2, 0.25) is 21.8 Å². The number of carbonyl (C=O) groups excluding carboxylic acids is 2. The summed E-state index contributed by atoms with van der Waals surface area (Å²) in [5.74, 6) is -0.887. The summed E-state index contributed by atoms with van der Waals surface area (Å²) in [7, 11) is -3.50. The molecule has 1 heterocycles. The summed E-state index contributed by atoms with van der Waals surface area (Å²) in [6.07, 6.45) is 2.27. The highest BCUT2D eigenvalue weighted by Crippen LogP contribution is 2.22. The minimum atomic E-state index is -3.50. The highest BCUT2D eigenvalue weighted by molar-refractivity contribution is 7.89. The molecule has 0 aromatic heterocycles. The fourth-order valence-electron chi connectivity index (χ4n) is 4.60. The molecule has 2 amide bonds. The topological polar surface area (TPSA) is 86.8 Å². The van der Waals surface area contributed by atoms with Crippen molar-refractivity contribution in [3.63, 3.8) is 0 Å². The van der Waals surface area contributed by atoms with Crippen LogP contribution in [-0.2, 0) is 39.1 Å². The molecule has 0 radical (unpaired) electrons. The molecule has 0 bridgehead atoms. The molecule has 0 unspecified atom stereocenters. The van der Waals surface area contributed by atoms with E-state index in [1.54, 1.807) is 43.3 Å². The summed E-state index contributed by atoms with van der Waals surface area (Å²) in [5, 5.41) is 2.89. The Morgan fingerprint density at radius 2 is 1.51 bits per heavy atom. The first-order valence-electron chi connectivity index (χ1n) is 13.2. The van der Waals surface area contributed by atoms with E-state index < -0.39 is 16.1 Å². The van der Waals surface area contributed by atoms with E-state index in [1.165, 1.54) is 21.3 Å². The van der Waals surface area contributed by atoms with Gasteiger partial charge in [-0.25, -0.2) is 12.8 Å². The third-order valence-corrected chi connectivity index (χ3v) is 8.91. The van der Waals surface area contributed by atoms with Gasteiger partial charge in [0.1, 0.15) is 11.9 Å². The quantitative estimate of drug-likeness (QED) is 0.386. The lowest BCUT2D eigenvalue weighted by Crippen LogP contribution is -2.47. The SMILES string of the molecule is C[C@@H](C(=O)NCc1ccccc1)N(Cc1ccc(F)cc1)C(=O)CCc1ccc(S(=O)(=O)N2CCCC2)cc1. The average molecular weight is 552 g/mol. The lowest BCUT2D eigenvalue weighted by atomic mass is 10.1. The third kappa shape index (κ3) is 7.52. The first kappa shape index (κ1) is 28.4. The lowest BCUT2D eigenvalue weighted by molar-refractivity contribution is -0.140. The Bertz CT molecular complexity index is 1360. The smallest absolute Gasteiger partial charge is 0.243 e. The Morgan fingerprint density at radius 3 is 2.15 bits per heavy atom. The van der Waals surface area contributed by atoms with Gasteiger partial charge in [-0.3, -0.25) is 9.59 Å². The highest BCUT2D eigenvalue weighted by Gasteiger charge is 2.28. The van der Waals surface area contributed by atoms with Crippen LogP contribution in [0.2, 0.25) is 0 Å². The number of carbonyl (C=O) groups is 2. The van der Waals surface area contributed by atoms with Crippen molar-refractivity contribution in [3.05, 3.63) is 101 Å². The second kappa shape index (κ2) is 13.0. The van der Waals surface area contributed by atoms with Crippen molar-refractivity contribution >= 4 is 21.8 Å². The summed E-state index contributed by atoms with van der Waals surface area (Å²) >= 11 is 0. The van der Waals surface area contributed by atoms with Crippen LogP contribution < -0.4 is 5.32 Å². The molecule has 4 rings (SSSR count). The van der Waals surface area contributed by atoms with Crippen molar-refractivity contribution in [2.24, 2.45) is 0 Å². The van der Waals surface area contributed by atoms with E-state index in [9.17, 15) is 22.4 Å². The number of halogens is 1. The van der Waals surface area contributed by atoms with Crippen LogP contribution in [0, 0.1) is 5.82 Å². The van der Waals surface area contributed by atoms with E-state index in [0.717, 1.165) is 24.0 Å². The monoisotopic (exact) mass is 551 g/mol. The van der Waals surface area contributed by atoms with E-state index in [4.69, 9.17) is 0 Å². The van der Waals surface area contributed by atoms with E-state index in [0.29, 0.717) is 31.6 Å². The maximum Gasteiger partial charge on any atom is 0.243 e. The minimum absolute atomic E-state index is 0.135. The predicted molar refractivity (Wildman–Crippen MR) is 147 cm³/mol. The van der Waals surface area contributed by atoms with Gasteiger partial charge in [-0.1, -0.05) is 54.6 Å². The van der Waals surface area contributed by atoms with Gasteiger partial charge in [0, 0.05) is 32.6 Å². The highest BCUT2D eigenvalue weighted by atomic mass is 32.2. The van der Waals surface area contributed by atoms with E-state index >= 15 is 0 Å². The van der Waals surface area contributed by atoms with Crippen LogP contribution in [0.25, 0.3) is 0 Å². The number of sulfonamides is 1. The van der Waals surface area contributed by atoms with Gasteiger partial charge >= 0.3 is 0 Å². The molecule has 0 saturated carbocycles.